The zero-order chi connectivity index (χ0) is 9.47. The largest absolute Gasteiger partial charge is 0.360 e. The van der Waals surface area contributed by atoms with Crippen LogP contribution in [-0.2, 0) is 23.3 Å². The summed E-state index contributed by atoms with van der Waals surface area (Å²) in [7, 11) is 0. The molecule has 0 aliphatic carbocycles. The van der Waals surface area contributed by atoms with Crippen LogP contribution in [0.5, 0.6) is 0 Å². The molecule has 1 aromatic heterocycles. The molecule has 0 spiro atoms. The van der Waals surface area contributed by atoms with Crippen molar-refractivity contribution in [3.63, 3.8) is 0 Å². The lowest BCUT2D eigenvalue weighted by Crippen LogP contribution is -2.15. The first kappa shape index (κ1) is 8.75. The number of imidazole rings is 1. The van der Waals surface area contributed by atoms with E-state index in [1.807, 2.05) is 0 Å². The molecular formula is C10H16N2O. The third-order valence-corrected chi connectivity index (χ3v) is 2.33. The number of aromatic nitrogens is 2. The third kappa shape index (κ3) is 1.61. The molecule has 1 aliphatic heterocycles. The Hall–Kier alpha value is -0.830. The molecule has 2 heterocycles. The van der Waals surface area contributed by atoms with E-state index < -0.39 is 0 Å². The van der Waals surface area contributed by atoms with Crippen molar-refractivity contribution in [2.45, 2.75) is 39.3 Å². The number of hydrogen-bond acceptors (Lipinski definition) is 2. The van der Waals surface area contributed by atoms with Crippen LogP contribution in [0.15, 0.2) is 6.20 Å². The van der Waals surface area contributed by atoms with Crippen LogP contribution >= 0.6 is 0 Å². The molecular weight excluding hydrogens is 164 g/mol. The van der Waals surface area contributed by atoms with Gasteiger partial charge in [0.15, 0.2) is 0 Å². The van der Waals surface area contributed by atoms with Gasteiger partial charge in [-0.05, 0) is 0 Å². The number of rotatable bonds is 0. The second-order valence-electron chi connectivity index (χ2n) is 4.55. The maximum Gasteiger partial charge on any atom is 0.124 e. The monoisotopic (exact) mass is 180 g/mol. The highest BCUT2D eigenvalue weighted by atomic mass is 16.5. The Morgan fingerprint density at radius 1 is 1.46 bits per heavy atom. The standard InChI is InChI=1S/C10H16N2O/c1-10(2,3)8-6-12-7-13-5-4-9(12)11-8/h6H,4-5,7H2,1-3H3. The highest BCUT2D eigenvalue weighted by Gasteiger charge is 2.20. The van der Waals surface area contributed by atoms with Gasteiger partial charge in [0.05, 0.1) is 12.3 Å². The molecule has 3 heteroatoms. The van der Waals surface area contributed by atoms with Crippen LogP contribution in [0.3, 0.4) is 0 Å². The van der Waals surface area contributed by atoms with Gasteiger partial charge < -0.3 is 9.30 Å². The minimum atomic E-state index is 0.143. The zero-order valence-corrected chi connectivity index (χ0v) is 8.50. The van der Waals surface area contributed by atoms with Crippen LogP contribution in [0.25, 0.3) is 0 Å². The summed E-state index contributed by atoms with van der Waals surface area (Å²) in [6.07, 6.45) is 3.05. The Morgan fingerprint density at radius 2 is 2.23 bits per heavy atom. The second-order valence-corrected chi connectivity index (χ2v) is 4.55. The summed E-state index contributed by atoms with van der Waals surface area (Å²) >= 11 is 0. The van der Waals surface area contributed by atoms with E-state index in [2.05, 4.69) is 36.5 Å². The van der Waals surface area contributed by atoms with Gasteiger partial charge in [0.1, 0.15) is 12.6 Å². The number of ether oxygens (including phenoxy) is 1. The van der Waals surface area contributed by atoms with Crippen LogP contribution in [0, 0.1) is 0 Å². The van der Waals surface area contributed by atoms with Crippen molar-refractivity contribution in [2.75, 3.05) is 6.61 Å². The summed E-state index contributed by atoms with van der Waals surface area (Å²) in [4.78, 5) is 4.61. The Balaban J connectivity index is 2.36. The molecule has 0 atom stereocenters. The molecule has 13 heavy (non-hydrogen) atoms. The summed E-state index contributed by atoms with van der Waals surface area (Å²) in [5.74, 6) is 1.16. The van der Waals surface area contributed by atoms with Crippen LogP contribution < -0.4 is 0 Å². The van der Waals surface area contributed by atoms with Gasteiger partial charge in [0.25, 0.3) is 0 Å². The molecule has 0 saturated heterocycles. The molecule has 0 bridgehead atoms. The average molecular weight is 180 g/mol. The van der Waals surface area contributed by atoms with E-state index in [4.69, 9.17) is 4.74 Å². The van der Waals surface area contributed by atoms with Crippen LogP contribution in [0.2, 0.25) is 0 Å². The van der Waals surface area contributed by atoms with E-state index in [1.54, 1.807) is 0 Å². The van der Waals surface area contributed by atoms with Crippen molar-refractivity contribution < 1.29 is 4.74 Å². The lowest BCUT2D eigenvalue weighted by molar-refractivity contribution is 0.0558. The van der Waals surface area contributed by atoms with Gasteiger partial charge in [0, 0.05) is 18.0 Å². The van der Waals surface area contributed by atoms with Gasteiger partial charge in [-0.15, -0.1) is 0 Å². The molecule has 0 amide bonds. The van der Waals surface area contributed by atoms with Gasteiger partial charge in [-0.1, -0.05) is 20.8 Å². The molecule has 0 fully saturated rings. The normalized spacial score (nSPS) is 17.2. The quantitative estimate of drug-likeness (QED) is 0.607. The van der Waals surface area contributed by atoms with E-state index in [-0.39, 0.29) is 5.41 Å². The maximum absolute atomic E-state index is 5.34. The molecule has 0 N–H and O–H groups in total. The molecule has 2 rings (SSSR count). The molecule has 0 unspecified atom stereocenters. The molecule has 0 saturated carbocycles. The summed E-state index contributed by atoms with van der Waals surface area (Å²) in [6, 6.07) is 0. The lowest BCUT2D eigenvalue weighted by Gasteiger charge is -2.14. The van der Waals surface area contributed by atoms with Crippen molar-refractivity contribution in [2.24, 2.45) is 0 Å². The Kier molecular flexibility index (Phi) is 1.91. The van der Waals surface area contributed by atoms with E-state index in [9.17, 15) is 0 Å². The molecule has 1 aromatic rings. The molecule has 72 valence electrons. The predicted octanol–water partition coefficient (Wildman–Crippen LogP) is 1.71. The fourth-order valence-corrected chi connectivity index (χ4v) is 1.45. The third-order valence-electron chi connectivity index (χ3n) is 2.33. The lowest BCUT2D eigenvalue weighted by atomic mass is 9.93. The first-order chi connectivity index (χ1) is 6.07. The van der Waals surface area contributed by atoms with E-state index in [1.165, 1.54) is 0 Å². The second kappa shape index (κ2) is 2.84. The highest BCUT2D eigenvalue weighted by molar-refractivity contribution is 5.13. The number of hydrogen-bond donors (Lipinski definition) is 0. The van der Waals surface area contributed by atoms with Gasteiger partial charge in [-0.2, -0.15) is 0 Å². The molecule has 0 aromatic carbocycles. The Bertz CT molecular complexity index is 286. The number of nitrogens with zero attached hydrogens (tertiary/aromatic N) is 2. The summed E-state index contributed by atoms with van der Waals surface area (Å²) in [6.45, 7) is 8.02. The SMILES string of the molecule is CC(C)(C)c1cn2c(n1)CCOC2. The van der Waals surface area contributed by atoms with Crippen molar-refractivity contribution in [3.05, 3.63) is 17.7 Å². The zero-order valence-electron chi connectivity index (χ0n) is 8.50. The molecule has 1 aliphatic rings. The van der Waals surface area contributed by atoms with Crippen LogP contribution in [-0.4, -0.2) is 16.2 Å². The van der Waals surface area contributed by atoms with Gasteiger partial charge in [-0.3, -0.25) is 0 Å². The van der Waals surface area contributed by atoms with Gasteiger partial charge >= 0.3 is 0 Å². The average Bonchev–Trinajstić information content (AvgIpc) is 2.45. The molecule has 0 radical (unpaired) electrons. The van der Waals surface area contributed by atoms with Crippen molar-refractivity contribution >= 4 is 0 Å². The maximum atomic E-state index is 5.34. The van der Waals surface area contributed by atoms with E-state index in [0.717, 1.165) is 24.5 Å². The van der Waals surface area contributed by atoms with Crippen LogP contribution in [0.1, 0.15) is 32.3 Å². The first-order valence-corrected chi connectivity index (χ1v) is 4.71. The fourth-order valence-electron chi connectivity index (χ4n) is 1.45. The Morgan fingerprint density at radius 3 is 2.85 bits per heavy atom. The smallest absolute Gasteiger partial charge is 0.124 e. The number of fused-ring (bicyclic) bond motifs is 1. The van der Waals surface area contributed by atoms with E-state index in [0.29, 0.717) is 6.73 Å². The summed E-state index contributed by atoms with van der Waals surface area (Å²) in [5, 5.41) is 0. The summed E-state index contributed by atoms with van der Waals surface area (Å²) in [5.41, 5.74) is 1.30. The van der Waals surface area contributed by atoms with Gasteiger partial charge in [0.2, 0.25) is 0 Å². The van der Waals surface area contributed by atoms with E-state index >= 15 is 0 Å². The topological polar surface area (TPSA) is 27.1 Å². The Labute approximate surface area is 78.7 Å². The van der Waals surface area contributed by atoms with Crippen LogP contribution in [0.4, 0.5) is 0 Å². The predicted molar refractivity (Wildman–Crippen MR) is 50.6 cm³/mol. The minimum absolute atomic E-state index is 0.143. The van der Waals surface area contributed by atoms with Gasteiger partial charge in [-0.25, -0.2) is 4.98 Å². The first-order valence-electron chi connectivity index (χ1n) is 4.71. The minimum Gasteiger partial charge on any atom is -0.360 e. The molecule has 3 nitrogen and oxygen atoms in total. The van der Waals surface area contributed by atoms with Crippen molar-refractivity contribution in [1.29, 1.82) is 0 Å². The highest BCUT2D eigenvalue weighted by Crippen LogP contribution is 2.22. The summed E-state index contributed by atoms with van der Waals surface area (Å²) < 4.78 is 7.45. The van der Waals surface area contributed by atoms with Crippen molar-refractivity contribution in [3.8, 4) is 0 Å². The fraction of sp³-hybridized carbons (Fsp3) is 0.700. The van der Waals surface area contributed by atoms with Crippen molar-refractivity contribution in [1.82, 2.24) is 9.55 Å².